The average molecular weight is 319 g/mol. The highest BCUT2D eigenvalue weighted by Gasteiger charge is 2.26. The van der Waals surface area contributed by atoms with Crippen molar-refractivity contribution < 1.29 is 4.39 Å². The van der Waals surface area contributed by atoms with Gasteiger partial charge in [0.2, 0.25) is 0 Å². The second kappa shape index (κ2) is 6.92. The van der Waals surface area contributed by atoms with Crippen LogP contribution in [0.15, 0.2) is 78.9 Å². The van der Waals surface area contributed by atoms with Crippen molar-refractivity contribution in [2.75, 3.05) is 0 Å². The summed E-state index contributed by atoms with van der Waals surface area (Å²) in [4.78, 5) is 0. The predicted octanol–water partition coefficient (Wildman–Crippen LogP) is 4.09. The molecule has 1 radical (unpaired) electrons. The van der Waals surface area contributed by atoms with Gasteiger partial charge in [-0.05, 0) is 35.7 Å². The highest BCUT2D eigenvalue weighted by molar-refractivity contribution is 6.86. The lowest BCUT2D eigenvalue weighted by Gasteiger charge is -2.25. The molecule has 2 heteroatoms. The molecule has 0 aromatic heterocycles. The van der Waals surface area contributed by atoms with E-state index in [1.807, 2.05) is 13.0 Å². The molecular weight excluding hydrogens is 299 g/mol. The summed E-state index contributed by atoms with van der Waals surface area (Å²) >= 11 is 0. The third kappa shape index (κ3) is 3.43. The maximum atomic E-state index is 13.5. The minimum atomic E-state index is -0.987. The number of hydrogen-bond donors (Lipinski definition) is 0. The zero-order valence-corrected chi connectivity index (χ0v) is 14.5. The summed E-state index contributed by atoms with van der Waals surface area (Å²) in [7, 11) is -0.987. The highest BCUT2D eigenvalue weighted by atomic mass is 28.3. The normalized spacial score (nSPS) is 12.3. The topological polar surface area (TPSA) is 0 Å². The molecule has 0 spiro atoms. The zero-order valence-electron chi connectivity index (χ0n) is 13.5. The fourth-order valence-corrected chi connectivity index (χ4v) is 6.25. The van der Waals surface area contributed by atoms with Crippen molar-refractivity contribution >= 4 is 19.2 Å². The fraction of sp³-hybridized carbons (Fsp3) is 0.143. The van der Waals surface area contributed by atoms with E-state index in [1.165, 1.54) is 15.9 Å². The number of halogens is 1. The van der Waals surface area contributed by atoms with Crippen molar-refractivity contribution in [3.8, 4) is 0 Å². The first-order chi connectivity index (χ1) is 11.2. The van der Waals surface area contributed by atoms with Gasteiger partial charge in [0.25, 0.3) is 0 Å². The SMILES string of the molecule is Cc1cc(F)ccc1[C@@H](C)[Si](c1ccccc1)c1ccccc1. The first-order valence-corrected chi connectivity index (χ1v) is 9.48. The van der Waals surface area contributed by atoms with Crippen LogP contribution in [0.3, 0.4) is 0 Å². The van der Waals surface area contributed by atoms with Crippen molar-refractivity contribution in [1.29, 1.82) is 0 Å². The van der Waals surface area contributed by atoms with Gasteiger partial charge in [0, 0.05) is 0 Å². The summed E-state index contributed by atoms with van der Waals surface area (Å²) < 4.78 is 13.5. The van der Waals surface area contributed by atoms with Gasteiger partial charge in [-0.3, -0.25) is 0 Å². The van der Waals surface area contributed by atoms with Crippen molar-refractivity contribution in [3.63, 3.8) is 0 Å². The maximum Gasteiger partial charge on any atom is 0.128 e. The number of benzene rings is 3. The molecule has 0 aliphatic carbocycles. The van der Waals surface area contributed by atoms with Crippen LogP contribution in [0, 0.1) is 12.7 Å². The minimum absolute atomic E-state index is 0.161. The number of hydrogen-bond acceptors (Lipinski definition) is 0. The van der Waals surface area contributed by atoms with Gasteiger partial charge in [0.05, 0.1) is 0 Å². The summed E-state index contributed by atoms with van der Waals surface area (Å²) in [5.74, 6) is -0.161. The first-order valence-electron chi connectivity index (χ1n) is 7.90. The second-order valence-electron chi connectivity index (χ2n) is 5.87. The Labute approximate surface area is 139 Å². The van der Waals surface area contributed by atoms with E-state index in [0.29, 0.717) is 5.54 Å². The molecule has 0 bridgehead atoms. The Hall–Kier alpha value is -2.19. The van der Waals surface area contributed by atoms with Crippen LogP contribution in [-0.4, -0.2) is 8.80 Å². The van der Waals surface area contributed by atoms with Crippen LogP contribution in [0.5, 0.6) is 0 Å². The molecule has 115 valence electrons. The molecule has 0 aliphatic rings. The molecule has 0 saturated heterocycles. The summed E-state index contributed by atoms with van der Waals surface area (Å²) in [5.41, 5.74) is 2.64. The number of aryl methyl sites for hydroxylation is 1. The smallest absolute Gasteiger partial charge is 0.128 e. The molecule has 0 fully saturated rings. The van der Waals surface area contributed by atoms with E-state index in [9.17, 15) is 4.39 Å². The van der Waals surface area contributed by atoms with Crippen molar-refractivity contribution in [1.82, 2.24) is 0 Å². The first kappa shape index (κ1) is 15.7. The van der Waals surface area contributed by atoms with Gasteiger partial charge in [-0.25, -0.2) is 4.39 Å². The second-order valence-corrected chi connectivity index (χ2v) is 8.72. The van der Waals surface area contributed by atoms with Gasteiger partial charge in [0.1, 0.15) is 14.6 Å². The number of rotatable bonds is 4. The van der Waals surface area contributed by atoms with Crippen molar-refractivity contribution in [2.24, 2.45) is 0 Å². The molecule has 23 heavy (non-hydrogen) atoms. The molecule has 0 unspecified atom stereocenters. The van der Waals surface area contributed by atoms with Gasteiger partial charge < -0.3 is 0 Å². The lowest BCUT2D eigenvalue weighted by atomic mass is 10.1. The third-order valence-electron chi connectivity index (χ3n) is 4.30. The summed E-state index contributed by atoms with van der Waals surface area (Å²) in [6.45, 7) is 4.28. The van der Waals surface area contributed by atoms with Crippen molar-refractivity contribution in [2.45, 2.75) is 19.4 Å². The van der Waals surface area contributed by atoms with Gasteiger partial charge in [0.15, 0.2) is 0 Å². The van der Waals surface area contributed by atoms with Gasteiger partial charge in [-0.15, -0.1) is 0 Å². The summed E-state index contributed by atoms with van der Waals surface area (Å²) in [6.07, 6.45) is 0. The van der Waals surface area contributed by atoms with E-state index in [0.717, 1.165) is 5.56 Å². The quantitative estimate of drug-likeness (QED) is 0.636. The van der Waals surface area contributed by atoms with Crippen LogP contribution < -0.4 is 10.4 Å². The third-order valence-corrected chi connectivity index (χ3v) is 7.39. The molecule has 3 aromatic rings. The van der Waals surface area contributed by atoms with Crippen molar-refractivity contribution in [3.05, 3.63) is 95.8 Å². The molecule has 0 nitrogen and oxygen atoms in total. The molecule has 0 heterocycles. The summed E-state index contributed by atoms with van der Waals surface area (Å²) in [5, 5.41) is 2.78. The van der Waals surface area contributed by atoms with E-state index in [-0.39, 0.29) is 5.82 Å². The highest BCUT2D eigenvalue weighted by Crippen LogP contribution is 2.23. The Kier molecular flexibility index (Phi) is 4.72. The minimum Gasteiger partial charge on any atom is -0.207 e. The molecule has 0 N–H and O–H groups in total. The Morgan fingerprint density at radius 1 is 0.783 bits per heavy atom. The lowest BCUT2D eigenvalue weighted by molar-refractivity contribution is 0.625. The Morgan fingerprint density at radius 2 is 1.30 bits per heavy atom. The average Bonchev–Trinajstić information content (AvgIpc) is 2.57. The van der Waals surface area contributed by atoms with Crippen LogP contribution in [-0.2, 0) is 0 Å². The lowest BCUT2D eigenvalue weighted by Crippen LogP contribution is -2.46. The van der Waals surface area contributed by atoms with Gasteiger partial charge in [-0.1, -0.05) is 84.0 Å². The maximum absolute atomic E-state index is 13.5. The molecule has 0 saturated carbocycles. The van der Waals surface area contributed by atoms with E-state index < -0.39 is 8.80 Å². The standard InChI is InChI=1S/C21H20FSi/c1-16-15-18(22)13-14-21(16)17(2)23(19-9-5-3-6-10-19)20-11-7-4-8-12-20/h3-15,17H,1-2H3/t17-/m1/s1. The van der Waals surface area contributed by atoms with E-state index in [2.05, 4.69) is 67.6 Å². The van der Waals surface area contributed by atoms with Crippen LogP contribution in [0.2, 0.25) is 0 Å². The van der Waals surface area contributed by atoms with Crippen LogP contribution in [0.25, 0.3) is 0 Å². The molecule has 0 aliphatic heterocycles. The predicted molar refractivity (Wildman–Crippen MR) is 97.5 cm³/mol. The van der Waals surface area contributed by atoms with E-state index >= 15 is 0 Å². The fourth-order valence-electron chi connectivity index (χ4n) is 3.18. The zero-order chi connectivity index (χ0) is 16.2. The Bertz CT molecular complexity index is 729. The van der Waals surface area contributed by atoms with E-state index in [1.54, 1.807) is 12.1 Å². The molecule has 0 amide bonds. The Morgan fingerprint density at radius 3 is 1.78 bits per heavy atom. The monoisotopic (exact) mass is 319 g/mol. The molecule has 1 atom stereocenters. The van der Waals surface area contributed by atoms with Crippen LogP contribution >= 0.6 is 0 Å². The van der Waals surface area contributed by atoms with Crippen LogP contribution in [0.4, 0.5) is 4.39 Å². The Balaban J connectivity index is 2.08. The van der Waals surface area contributed by atoms with Gasteiger partial charge >= 0.3 is 0 Å². The molecule has 3 aromatic carbocycles. The van der Waals surface area contributed by atoms with E-state index in [4.69, 9.17) is 0 Å². The molecule has 3 rings (SSSR count). The van der Waals surface area contributed by atoms with Gasteiger partial charge in [-0.2, -0.15) is 0 Å². The largest absolute Gasteiger partial charge is 0.207 e. The van der Waals surface area contributed by atoms with Crippen LogP contribution in [0.1, 0.15) is 23.6 Å². The summed E-state index contributed by atoms with van der Waals surface area (Å²) in [6, 6.07) is 26.6. The molecular formula is C21H20FSi.